The first-order chi connectivity index (χ1) is 7.82. The van der Waals surface area contributed by atoms with Gasteiger partial charge in [0.25, 0.3) is 0 Å². The van der Waals surface area contributed by atoms with Crippen molar-refractivity contribution in [3.63, 3.8) is 0 Å². The van der Waals surface area contributed by atoms with Crippen molar-refractivity contribution in [1.29, 1.82) is 0 Å². The fourth-order valence-electron chi connectivity index (χ4n) is 2.13. The Labute approximate surface area is 99.8 Å². The lowest BCUT2D eigenvalue weighted by Crippen LogP contribution is -2.32. The van der Waals surface area contributed by atoms with Crippen molar-refractivity contribution in [2.45, 2.75) is 39.2 Å². The predicted molar refractivity (Wildman–Crippen MR) is 62.8 cm³/mol. The summed E-state index contributed by atoms with van der Waals surface area (Å²) < 4.78 is 5.68. The number of Topliss-reactive ketones (excluding diaryl/α,β-unsaturated/α-hetero) is 1. The highest BCUT2D eigenvalue weighted by atomic mass is 16.5. The first-order valence-electron chi connectivity index (χ1n) is 5.59. The quantitative estimate of drug-likeness (QED) is 0.735. The molecule has 1 aromatic rings. The van der Waals surface area contributed by atoms with Gasteiger partial charge in [-0.05, 0) is 33.6 Å². The van der Waals surface area contributed by atoms with Gasteiger partial charge in [-0.1, -0.05) is 0 Å². The van der Waals surface area contributed by atoms with Crippen LogP contribution in [0.3, 0.4) is 0 Å². The van der Waals surface area contributed by atoms with Crippen molar-refractivity contribution in [2.24, 2.45) is 0 Å². The van der Waals surface area contributed by atoms with Crippen molar-refractivity contribution in [3.8, 4) is 17.2 Å². The van der Waals surface area contributed by atoms with Crippen molar-refractivity contribution in [2.75, 3.05) is 0 Å². The SMILES string of the molecule is CC(=O)c1c(O)cc2c(c1O)CCC(C)(C)O2. The second-order valence-electron chi connectivity index (χ2n) is 5.01. The van der Waals surface area contributed by atoms with E-state index in [0.717, 1.165) is 6.42 Å². The van der Waals surface area contributed by atoms with Gasteiger partial charge in [-0.3, -0.25) is 4.79 Å². The molecular weight excluding hydrogens is 220 g/mol. The monoisotopic (exact) mass is 236 g/mol. The molecule has 1 aliphatic rings. The van der Waals surface area contributed by atoms with Crippen molar-refractivity contribution in [3.05, 3.63) is 17.2 Å². The number of rotatable bonds is 1. The summed E-state index contributed by atoms with van der Waals surface area (Å²) in [6, 6.07) is 1.41. The Hall–Kier alpha value is -1.71. The lowest BCUT2D eigenvalue weighted by atomic mass is 9.91. The average Bonchev–Trinajstić information content (AvgIpc) is 2.14. The van der Waals surface area contributed by atoms with Gasteiger partial charge in [0, 0.05) is 11.6 Å². The summed E-state index contributed by atoms with van der Waals surface area (Å²) in [6.07, 6.45) is 1.39. The standard InChI is InChI=1S/C13H16O4/c1-7(14)11-9(15)6-10-8(12(11)16)4-5-13(2,3)17-10/h6,15-16H,4-5H2,1-3H3. The molecule has 2 N–H and O–H groups in total. The molecule has 0 fully saturated rings. The number of aromatic hydroxyl groups is 2. The van der Waals surface area contributed by atoms with Crippen LogP contribution in [0, 0.1) is 0 Å². The average molecular weight is 236 g/mol. The minimum atomic E-state index is -0.354. The lowest BCUT2D eigenvalue weighted by molar-refractivity contribution is 0.0831. The van der Waals surface area contributed by atoms with E-state index in [2.05, 4.69) is 0 Å². The van der Waals surface area contributed by atoms with Crippen LogP contribution in [-0.2, 0) is 6.42 Å². The number of hydrogen-bond acceptors (Lipinski definition) is 4. The number of ether oxygens (including phenoxy) is 1. The number of phenolic OH excluding ortho intramolecular Hbond substituents is 2. The second kappa shape index (κ2) is 3.65. The summed E-state index contributed by atoms with van der Waals surface area (Å²) in [6.45, 7) is 5.21. The van der Waals surface area contributed by atoms with E-state index in [4.69, 9.17) is 4.74 Å². The molecule has 0 spiro atoms. The maximum atomic E-state index is 11.3. The topological polar surface area (TPSA) is 66.8 Å². The second-order valence-corrected chi connectivity index (χ2v) is 5.01. The van der Waals surface area contributed by atoms with E-state index < -0.39 is 0 Å². The van der Waals surface area contributed by atoms with Gasteiger partial charge in [-0.15, -0.1) is 0 Å². The Balaban J connectivity index is 2.59. The van der Waals surface area contributed by atoms with E-state index in [-0.39, 0.29) is 28.4 Å². The van der Waals surface area contributed by atoms with Crippen LogP contribution in [0.1, 0.15) is 43.1 Å². The number of benzene rings is 1. The Morgan fingerprint density at radius 1 is 1.41 bits per heavy atom. The zero-order valence-corrected chi connectivity index (χ0v) is 10.2. The third kappa shape index (κ3) is 1.95. The molecule has 2 rings (SSSR count). The zero-order valence-electron chi connectivity index (χ0n) is 10.2. The minimum absolute atomic E-state index is 0.0212. The fraction of sp³-hybridized carbons (Fsp3) is 0.462. The number of carbonyl (C=O) groups excluding carboxylic acids is 1. The van der Waals surface area contributed by atoms with Crippen LogP contribution in [0.15, 0.2) is 6.07 Å². The smallest absolute Gasteiger partial charge is 0.167 e. The van der Waals surface area contributed by atoms with E-state index in [1.807, 2.05) is 13.8 Å². The summed E-state index contributed by atoms with van der Waals surface area (Å²) in [5, 5.41) is 19.7. The molecule has 0 amide bonds. The number of ketones is 1. The Bertz CT molecular complexity index is 489. The van der Waals surface area contributed by atoms with E-state index in [0.29, 0.717) is 17.7 Å². The third-order valence-corrected chi connectivity index (χ3v) is 3.06. The van der Waals surface area contributed by atoms with E-state index in [9.17, 15) is 15.0 Å². The Morgan fingerprint density at radius 3 is 2.65 bits per heavy atom. The Morgan fingerprint density at radius 2 is 2.06 bits per heavy atom. The van der Waals surface area contributed by atoms with E-state index in [1.165, 1.54) is 13.0 Å². The normalized spacial score (nSPS) is 17.1. The molecule has 1 aromatic carbocycles. The molecule has 0 bridgehead atoms. The summed E-state index contributed by atoms with van der Waals surface area (Å²) in [5.41, 5.74) is 0.267. The highest BCUT2D eigenvalue weighted by molar-refractivity contribution is 6.00. The molecule has 0 aromatic heterocycles. The van der Waals surface area contributed by atoms with Gasteiger partial charge in [0.05, 0.1) is 0 Å². The van der Waals surface area contributed by atoms with Crippen LogP contribution >= 0.6 is 0 Å². The molecule has 1 heterocycles. The highest BCUT2D eigenvalue weighted by Crippen LogP contribution is 2.43. The van der Waals surface area contributed by atoms with Crippen molar-refractivity contribution in [1.82, 2.24) is 0 Å². The van der Waals surface area contributed by atoms with Crippen LogP contribution in [0.5, 0.6) is 17.2 Å². The van der Waals surface area contributed by atoms with Gasteiger partial charge in [0.2, 0.25) is 0 Å². The van der Waals surface area contributed by atoms with Gasteiger partial charge >= 0.3 is 0 Å². The van der Waals surface area contributed by atoms with E-state index >= 15 is 0 Å². The molecule has 4 heteroatoms. The van der Waals surface area contributed by atoms with Crippen LogP contribution in [0.25, 0.3) is 0 Å². The number of fused-ring (bicyclic) bond motifs is 1. The summed E-state index contributed by atoms with van der Waals surface area (Å²) in [4.78, 5) is 11.3. The highest BCUT2D eigenvalue weighted by Gasteiger charge is 2.31. The molecule has 0 saturated heterocycles. The Kier molecular flexibility index (Phi) is 2.53. The zero-order chi connectivity index (χ0) is 12.8. The molecule has 0 radical (unpaired) electrons. The molecule has 0 atom stereocenters. The number of phenols is 2. The summed E-state index contributed by atoms with van der Waals surface area (Å²) >= 11 is 0. The number of hydrogen-bond donors (Lipinski definition) is 2. The molecule has 92 valence electrons. The van der Waals surface area contributed by atoms with Crippen LogP contribution in [0.2, 0.25) is 0 Å². The van der Waals surface area contributed by atoms with Gasteiger partial charge in [0.15, 0.2) is 5.78 Å². The summed E-state index contributed by atoms with van der Waals surface area (Å²) in [7, 11) is 0. The van der Waals surface area contributed by atoms with Gasteiger partial charge in [-0.25, -0.2) is 0 Å². The van der Waals surface area contributed by atoms with Gasteiger partial charge in [-0.2, -0.15) is 0 Å². The largest absolute Gasteiger partial charge is 0.507 e. The first-order valence-corrected chi connectivity index (χ1v) is 5.59. The molecule has 1 aliphatic heterocycles. The van der Waals surface area contributed by atoms with Crippen LogP contribution < -0.4 is 4.74 Å². The molecule has 0 unspecified atom stereocenters. The first kappa shape index (κ1) is 11.8. The summed E-state index contributed by atoms with van der Waals surface area (Å²) in [5.74, 6) is -0.275. The van der Waals surface area contributed by atoms with Crippen molar-refractivity contribution < 1.29 is 19.7 Å². The van der Waals surface area contributed by atoms with Crippen molar-refractivity contribution >= 4 is 5.78 Å². The molecule has 0 saturated carbocycles. The molecule has 17 heavy (non-hydrogen) atoms. The van der Waals surface area contributed by atoms with Gasteiger partial charge in [0.1, 0.15) is 28.4 Å². The predicted octanol–water partition coefficient (Wildman–Crippen LogP) is 2.40. The van der Waals surface area contributed by atoms with E-state index in [1.54, 1.807) is 0 Å². The lowest BCUT2D eigenvalue weighted by Gasteiger charge is -2.33. The van der Waals surface area contributed by atoms with Crippen LogP contribution in [-0.4, -0.2) is 21.6 Å². The maximum Gasteiger partial charge on any atom is 0.167 e. The minimum Gasteiger partial charge on any atom is -0.507 e. The van der Waals surface area contributed by atoms with Crippen LogP contribution in [0.4, 0.5) is 0 Å². The molecular formula is C13H16O4. The number of carbonyl (C=O) groups is 1. The maximum absolute atomic E-state index is 11.3. The third-order valence-electron chi connectivity index (χ3n) is 3.06. The fourth-order valence-corrected chi connectivity index (χ4v) is 2.13. The molecule has 0 aliphatic carbocycles. The molecule has 4 nitrogen and oxygen atoms in total. The van der Waals surface area contributed by atoms with Gasteiger partial charge < -0.3 is 14.9 Å².